The quantitative estimate of drug-likeness (QED) is 0.241. The van der Waals surface area contributed by atoms with Gasteiger partial charge in [0, 0.05) is 57.5 Å². The van der Waals surface area contributed by atoms with Crippen LogP contribution in [0.25, 0.3) is 0 Å². The molecule has 5 rings (SSSR count). The van der Waals surface area contributed by atoms with Crippen molar-refractivity contribution >= 4 is 11.8 Å². The summed E-state index contributed by atoms with van der Waals surface area (Å²) in [4.78, 5) is 34.6. The minimum Gasteiger partial charge on any atom is -0.392 e. The number of benzene rings is 2. The van der Waals surface area contributed by atoms with Crippen LogP contribution in [0.2, 0.25) is 0 Å². The number of nitrogens with one attached hydrogen (secondary N) is 2. The second kappa shape index (κ2) is 15.2. The number of halogens is 3. The van der Waals surface area contributed by atoms with Crippen molar-refractivity contribution < 1.29 is 33.0 Å². The molecule has 5 atom stereocenters. The van der Waals surface area contributed by atoms with Gasteiger partial charge in [-0.15, -0.1) is 0 Å². The van der Waals surface area contributed by atoms with Crippen LogP contribution >= 0.6 is 0 Å². The monoisotopic (exact) mass is 639 g/mol. The van der Waals surface area contributed by atoms with Crippen LogP contribution in [-0.4, -0.2) is 94.0 Å². The van der Waals surface area contributed by atoms with E-state index in [-0.39, 0.29) is 25.4 Å². The lowest BCUT2D eigenvalue weighted by Crippen LogP contribution is -2.60. The van der Waals surface area contributed by atoms with Crippen LogP contribution in [0.15, 0.2) is 79.1 Å². The molecule has 1 aliphatic carbocycles. The third kappa shape index (κ3) is 9.12. The normalized spacial score (nSPS) is 21.7. The number of hydrogen-bond donors (Lipinski definition) is 4. The van der Waals surface area contributed by atoms with Crippen molar-refractivity contribution in [2.24, 2.45) is 5.92 Å². The molecule has 9 nitrogen and oxygen atoms in total. The zero-order chi connectivity index (χ0) is 32.7. The lowest BCUT2D eigenvalue weighted by Gasteiger charge is -2.41. The molecule has 1 aliphatic heterocycles. The highest BCUT2D eigenvalue weighted by atomic mass is 19.4. The first-order valence-corrected chi connectivity index (χ1v) is 15.5. The number of hydrogen-bond acceptors (Lipinski definition) is 7. The van der Waals surface area contributed by atoms with Crippen LogP contribution in [0.4, 0.5) is 13.2 Å². The molecular weight excluding hydrogens is 599 g/mol. The summed E-state index contributed by atoms with van der Waals surface area (Å²) in [6.45, 7) is 0.0512. The third-order valence-corrected chi connectivity index (χ3v) is 8.67. The molecule has 0 saturated carbocycles. The summed E-state index contributed by atoms with van der Waals surface area (Å²) in [6, 6.07) is 19.1. The maximum Gasteiger partial charge on any atom is 0.405 e. The van der Waals surface area contributed by atoms with E-state index in [0.717, 1.165) is 22.3 Å². The zero-order valence-electron chi connectivity index (χ0n) is 25.4. The number of piperazine rings is 1. The number of rotatable bonds is 12. The maximum absolute atomic E-state index is 13.7. The summed E-state index contributed by atoms with van der Waals surface area (Å²) in [5.74, 6) is -1.75. The van der Waals surface area contributed by atoms with Crippen molar-refractivity contribution in [3.8, 4) is 0 Å². The van der Waals surface area contributed by atoms with Gasteiger partial charge in [-0.3, -0.25) is 24.4 Å². The first-order chi connectivity index (χ1) is 22.1. The molecular formula is C34H40F3N5O4. The van der Waals surface area contributed by atoms with Crippen molar-refractivity contribution in [3.63, 3.8) is 0 Å². The number of aliphatic hydroxyl groups is 2. The summed E-state index contributed by atoms with van der Waals surface area (Å²) in [5, 5.41) is 27.1. The van der Waals surface area contributed by atoms with E-state index in [1.165, 1.54) is 0 Å². The van der Waals surface area contributed by atoms with E-state index in [9.17, 15) is 33.0 Å². The average Bonchev–Trinajstić information content (AvgIpc) is 3.35. The summed E-state index contributed by atoms with van der Waals surface area (Å²) in [7, 11) is 0. The smallest absolute Gasteiger partial charge is 0.392 e. The van der Waals surface area contributed by atoms with Gasteiger partial charge in [0.2, 0.25) is 11.8 Å². The molecule has 0 spiro atoms. The number of pyridine rings is 1. The zero-order valence-corrected chi connectivity index (χ0v) is 25.4. The average molecular weight is 640 g/mol. The Morgan fingerprint density at radius 2 is 1.74 bits per heavy atom. The molecule has 46 heavy (non-hydrogen) atoms. The predicted octanol–water partition coefficient (Wildman–Crippen LogP) is 2.63. The lowest BCUT2D eigenvalue weighted by atomic mass is 9.91. The topological polar surface area (TPSA) is 118 Å². The van der Waals surface area contributed by atoms with Crippen molar-refractivity contribution in [1.82, 2.24) is 25.4 Å². The van der Waals surface area contributed by atoms with Crippen LogP contribution < -0.4 is 10.6 Å². The Bertz CT molecular complexity index is 1450. The molecule has 1 fully saturated rings. The molecule has 0 bridgehead atoms. The summed E-state index contributed by atoms with van der Waals surface area (Å²) in [6.07, 6.45) is -2.22. The molecule has 4 N–H and O–H groups in total. The summed E-state index contributed by atoms with van der Waals surface area (Å²) >= 11 is 0. The van der Waals surface area contributed by atoms with Crippen molar-refractivity contribution in [3.05, 3.63) is 101 Å². The minimum atomic E-state index is -4.56. The van der Waals surface area contributed by atoms with Crippen molar-refractivity contribution in [2.75, 3.05) is 32.7 Å². The van der Waals surface area contributed by atoms with Gasteiger partial charge in [0.15, 0.2) is 0 Å². The number of carbonyl (C=O) groups is 2. The molecule has 2 heterocycles. The predicted molar refractivity (Wildman–Crippen MR) is 165 cm³/mol. The van der Waals surface area contributed by atoms with Crippen LogP contribution in [0.3, 0.4) is 0 Å². The van der Waals surface area contributed by atoms with Crippen LogP contribution in [0.5, 0.6) is 0 Å². The van der Waals surface area contributed by atoms with Crippen molar-refractivity contribution in [1.29, 1.82) is 0 Å². The minimum absolute atomic E-state index is 0.00169. The van der Waals surface area contributed by atoms with E-state index >= 15 is 0 Å². The fourth-order valence-electron chi connectivity index (χ4n) is 6.42. The standard InChI is InChI=1S/C34H40F3N5O4/c35-34(36,37)22-39-33(46)29-21-41(19-24-9-6-12-38-18-24)13-14-42(29)20-27(43)16-26(15-23-7-2-1-3-8-23)32(45)40-31-28-11-5-4-10-25(28)17-30(31)44/h1-12,18,26-27,29-31,43-44H,13-17,19-22H2,(H,39,46)(H,40,45)/t26-,27+,29+,30-,31+/m1/s1. The molecule has 0 unspecified atom stereocenters. The van der Waals surface area contributed by atoms with Gasteiger partial charge in [-0.05, 0) is 41.2 Å². The lowest BCUT2D eigenvalue weighted by molar-refractivity contribution is -0.143. The Labute approximate surface area is 266 Å². The first-order valence-electron chi connectivity index (χ1n) is 15.5. The molecule has 2 aliphatic rings. The van der Waals surface area contributed by atoms with Gasteiger partial charge in [-0.1, -0.05) is 60.7 Å². The maximum atomic E-state index is 13.7. The van der Waals surface area contributed by atoms with Crippen LogP contribution in [0, 0.1) is 5.92 Å². The van der Waals surface area contributed by atoms with Gasteiger partial charge in [-0.25, -0.2) is 0 Å². The first kappa shape index (κ1) is 33.5. The summed E-state index contributed by atoms with van der Waals surface area (Å²) in [5.41, 5.74) is 3.64. The SMILES string of the molecule is O=C(N[C@H]1c2ccccc2C[C@H]1O)[C@H](Cc1ccccc1)C[C@H](O)CN1CCN(Cc2cccnc2)C[C@H]1C(=O)NCC(F)(F)F. The van der Waals surface area contributed by atoms with Gasteiger partial charge in [0.05, 0.1) is 18.2 Å². The highest BCUT2D eigenvalue weighted by Gasteiger charge is 2.38. The highest BCUT2D eigenvalue weighted by molar-refractivity contribution is 5.82. The fourth-order valence-corrected chi connectivity index (χ4v) is 6.42. The molecule has 3 aromatic rings. The highest BCUT2D eigenvalue weighted by Crippen LogP contribution is 2.32. The Morgan fingerprint density at radius 3 is 2.48 bits per heavy atom. The molecule has 1 aromatic heterocycles. The van der Waals surface area contributed by atoms with Gasteiger partial charge in [0.1, 0.15) is 12.6 Å². The number of aromatic nitrogens is 1. The van der Waals surface area contributed by atoms with E-state index in [1.54, 1.807) is 23.4 Å². The van der Waals surface area contributed by atoms with Gasteiger partial charge >= 0.3 is 6.18 Å². The second-order valence-electron chi connectivity index (χ2n) is 12.2. The second-order valence-corrected chi connectivity index (χ2v) is 12.2. The van der Waals surface area contributed by atoms with Crippen LogP contribution in [0.1, 0.15) is 34.7 Å². The van der Waals surface area contributed by atoms with E-state index in [2.05, 4.69) is 10.3 Å². The van der Waals surface area contributed by atoms with Gasteiger partial charge in [0.25, 0.3) is 0 Å². The third-order valence-electron chi connectivity index (χ3n) is 8.67. The number of carbonyl (C=O) groups excluding carboxylic acids is 2. The van der Waals surface area contributed by atoms with Gasteiger partial charge < -0.3 is 20.8 Å². The number of nitrogens with zero attached hydrogens (tertiary/aromatic N) is 3. The number of amides is 2. The van der Waals surface area contributed by atoms with E-state index in [4.69, 9.17) is 0 Å². The molecule has 12 heteroatoms. The Balaban J connectivity index is 1.28. The number of β-amino-alcohol motifs (C(OH)–C–C–N with tert-alkyl or cyclic N) is 1. The van der Waals surface area contributed by atoms with E-state index in [1.807, 2.05) is 70.9 Å². The fraction of sp³-hybridized carbons (Fsp3) is 0.441. The Kier molecular flexibility index (Phi) is 11.1. The number of fused-ring (bicyclic) bond motifs is 1. The largest absolute Gasteiger partial charge is 0.405 e. The molecule has 0 radical (unpaired) electrons. The molecule has 246 valence electrons. The molecule has 2 amide bonds. The van der Waals surface area contributed by atoms with Gasteiger partial charge in [-0.2, -0.15) is 13.2 Å². The number of alkyl halides is 3. The Morgan fingerprint density at radius 1 is 1.00 bits per heavy atom. The van der Waals surface area contributed by atoms with E-state index < -0.39 is 48.8 Å². The molecule has 1 saturated heterocycles. The summed E-state index contributed by atoms with van der Waals surface area (Å²) < 4.78 is 38.9. The molecule has 2 aromatic carbocycles. The van der Waals surface area contributed by atoms with E-state index in [0.29, 0.717) is 32.5 Å². The number of aliphatic hydroxyl groups excluding tert-OH is 2. The van der Waals surface area contributed by atoms with Crippen LogP contribution in [-0.2, 0) is 29.0 Å². The van der Waals surface area contributed by atoms with Crippen molar-refractivity contribution in [2.45, 2.75) is 56.3 Å². The Hall–Kier alpha value is -3.84.